The Balaban J connectivity index is 1.45. The third kappa shape index (κ3) is 4.56. The Labute approximate surface area is 219 Å². The fourth-order valence-electron chi connectivity index (χ4n) is 6.00. The normalized spacial score (nSPS) is 26.0. The van der Waals surface area contributed by atoms with Crippen LogP contribution in [0.15, 0.2) is 64.1 Å². The summed E-state index contributed by atoms with van der Waals surface area (Å²) in [6.45, 7) is 0.880. The van der Waals surface area contributed by atoms with E-state index in [1.807, 2.05) is 36.4 Å². The lowest BCUT2D eigenvalue weighted by Gasteiger charge is -2.31. The van der Waals surface area contributed by atoms with E-state index in [0.29, 0.717) is 19.6 Å². The van der Waals surface area contributed by atoms with Gasteiger partial charge in [-0.2, -0.15) is 0 Å². The van der Waals surface area contributed by atoms with Crippen LogP contribution in [-0.2, 0) is 19.1 Å². The summed E-state index contributed by atoms with van der Waals surface area (Å²) in [7, 11) is 3.24. The molecule has 5 rings (SSSR count). The van der Waals surface area contributed by atoms with E-state index < -0.39 is 0 Å². The van der Waals surface area contributed by atoms with Gasteiger partial charge in [-0.15, -0.1) is 0 Å². The van der Waals surface area contributed by atoms with Crippen molar-refractivity contribution in [3.8, 4) is 5.75 Å². The largest absolute Gasteiger partial charge is 0.507 e. The van der Waals surface area contributed by atoms with E-state index in [0.717, 1.165) is 45.2 Å². The van der Waals surface area contributed by atoms with Crippen molar-refractivity contribution in [3.63, 3.8) is 0 Å². The molecule has 2 heterocycles. The van der Waals surface area contributed by atoms with Crippen LogP contribution in [0.25, 0.3) is 11.6 Å². The number of carbonyl (C=O) groups excluding carboxylic acids is 2. The average molecular weight is 552 g/mol. The van der Waals surface area contributed by atoms with Crippen molar-refractivity contribution in [2.75, 3.05) is 27.4 Å². The van der Waals surface area contributed by atoms with Crippen LogP contribution in [0.2, 0.25) is 0 Å². The van der Waals surface area contributed by atoms with E-state index in [1.165, 1.54) is 4.90 Å². The second kappa shape index (κ2) is 10.3. The zero-order chi connectivity index (χ0) is 25.4. The number of amides is 2. The molecule has 2 aliphatic heterocycles. The smallest absolute Gasteiger partial charge is 0.233 e. The molecule has 188 valence electrons. The second-order valence-electron chi connectivity index (χ2n) is 9.77. The molecule has 36 heavy (non-hydrogen) atoms. The van der Waals surface area contributed by atoms with E-state index in [4.69, 9.17) is 9.47 Å². The second-order valence-corrected chi connectivity index (χ2v) is 10.7. The molecule has 1 N–H and O–H groups in total. The summed E-state index contributed by atoms with van der Waals surface area (Å²) in [4.78, 5) is 27.0. The van der Waals surface area contributed by atoms with Gasteiger partial charge < -0.3 is 14.6 Å². The van der Waals surface area contributed by atoms with Gasteiger partial charge in [-0.3, -0.25) is 14.5 Å². The number of phenolic OH excluding ortho intramolecular Hbond substituents is 1. The Bertz CT molecular complexity index is 1240. The summed E-state index contributed by atoms with van der Waals surface area (Å²) in [5.74, 6) is -0.708. The number of likely N-dealkylation sites (tertiary alicyclic amines) is 1. The molecule has 3 aliphatic rings. The van der Waals surface area contributed by atoms with Crippen molar-refractivity contribution in [1.29, 1.82) is 0 Å². The summed E-state index contributed by atoms with van der Waals surface area (Å²) in [5, 5.41) is 10.4. The number of phenols is 1. The van der Waals surface area contributed by atoms with Gasteiger partial charge in [-0.1, -0.05) is 46.3 Å². The zero-order valence-corrected chi connectivity index (χ0v) is 22.0. The molecule has 4 atom stereocenters. The maximum Gasteiger partial charge on any atom is 0.233 e. The maximum atomic E-state index is 12.9. The number of nitrogens with zero attached hydrogens (tertiary/aromatic N) is 1. The molecule has 0 spiro atoms. The summed E-state index contributed by atoms with van der Waals surface area (Å²) in [5.41, 5.74) is 5.15. The number of rotatable bonds is 7. The number of allylic oxidation sites excluding steroid dienone is 1. The van der Waals surface area contributed by atoms with Crippen molar-refractivity contribution in [3.05, 3.63) is 75.3 Å². The molecule has 0 bridgehead atoms. The number of methoxy groups -OCH3 is 1. The number of halogens is 1. The van der Waals surface area contributed by atoms with Gasteiger partial charge in [0.05, 0.1) is 31.2 Å². The summed E-state index contributed by atoms with van der Waals surface area (Å²) in [6.07, 6.45) is 3.88. The quantitative estimate of drug-likeness (QED) is 0.295. The van der Waals surface area contributed by atoms with Crippen molar-refractivity contribution < 1.29 is 24.2 Å². The standard InChI is InChI=1S/C29H30BrNO5/c1-31-28(33)22-14-20(15-35-2)26-23(27(22)29(31)34)16-36-25(26)11-8-18(17-6-4-3-5-7-17)12-19-13-21(30)9-10-24(19)32/h3-7,9-10,12-13,22-23,25,27,32H,8,11,14-16H2,1-2H3/b18-12-/t22-,23+,25-,27-/m1/s1. The molecule has 0 radical (unpaired) electrons. The lowest BCUT2D eigenvalue weighted by atomic mass is 9.69. The Hall–Kier alpha value is -2.74. The Morgan fingerprint density at radius 2 is 1.94 bits per heavy atom. The van der Waals surface area contributed by atoms with Crippen LogP contribution in [0.1, 0.15) is 30.4 Å². The van der Waals surface area contributed by atoms with E-state index in [9.17, 15) is 14.7 Å². The topological polar surface area (TPSA) is 76.1 Å². The highest BCUT2D eigenvalue weighted by Crippen LogP contribution is 2.49. The third-order valence-electron chi connectivity index (χ3n) is 7.69. The van der Waals surface area contributed by atoms with Crippen LogP contribution in [0.5, 0.6) is 5.75 Å². The monoisotopic (exact) mass is 551 g/mol. The van der Waals surface area contributed by atoms with Gasteiger partial charge in [-0.25, -0.2) is 0 Å². The predicted molar refractivity (Wildman–Crippen MR) is 141 cm³/mol. The number of fused-ring (bicyclic) bond motifs is 3. The molecule has 2 aromatic rings. The molecule has 0 aromatic heterocycles. The number of carbonyl (C=O) groups is 2. The first-order valence-corrected chi connectivity index (χ1v) is 13.1. The highest BCUT2D eigenvalue weighted by atomic mass is 79.9. The number of hydrogen-bond donors (Lipinski definition) is 1. The maximum absolute atomic E-state index is 12.9. The molecule has 7 heteroatoms. The van der Waals surface area contributed by atoms with Crippen LogP contribution < -0.4 is 0 Å². The van der Waals surface area contributed by atoms with Crippen LogP contribution in [0.3, 0.4) is 0 Å². The first kappa shape index (κ1) is 24.9. The van der Waals surface area contributed by atoms with Crippen LogP contribution in [-0.4, -0.2) is 55.3 Å². The summed E-state index contributed by atoms with van der Waals surface area (Å²) < 4.78 is 12.7. The van der Waals surface area contributed by atoms with Crippen LogP contribution in [0, 0.1) is 17.8 Å². The van der Waals surface area contributed by atoms with Crippen molar-refractivity contribution >= 4 is 39.4 Å². The van der Waals surface area contributed by atoms with E-state index >= 15 is 0 Å². The SMILES string of the molecule is COCC1=C2[C@@H](CC/C(=C/c3cc(Br)ccc3O)c3ccccc3)OC[C@@H]2[C@@H]2C(=O)N(C)C(=O)[C@@H]2C1. The number of benzene rings is 2. The van der Waals surface area contributed by atoms with Gasteiger partial charge in [0.1, 0.15) is 5.75 Å². The van der Waals surface area contributed by atoms with Crippen LogP contribution >= 0.6 is 15.9 Å². The van der Waals surface area contributed by atoms with Crippen LogP contribution in [0.4, 0.5) is 0 Å². The fourth-order valence-corrected chi connectivity index (χ4v) is 6.38. The molecule has 2 amide bonds. The van der Waals surface area contributed by atoms with Gasteiger partial charge in [0.15, 0.2) is 0 Å². The minimum absolute atomic E-state index is 0.0846. The first-order valence-electron chi connectivity index (χ1n) is 12.3. The van der Waals surface area contributed by atoms with Gasteiger partial charge in [-0.05, 0) is 65.8 Å². The highest BCUT2D eigenvalue weighted by Gasteiger charge is 2.56. The van der Waals surface area contributed by atoms with E-state index in [1.54, 1.807) is 20.2 Å². The molecule has 2 saturated heterocycles. The predicted octanol–water partition coefficient (Wildman–Crippen LogP) is 5.07. The molecular weight excluding hydrogens is 522 g/mol. The van der Waals surface area contributed by atoms with Crippen molar-refractivity contribution in [2.24, 2.45) is 17.8 Å². The number of hydrogen-bond acceptors (Lipinski definition) is 5. The molecule has 0 saturated carbocycles. The minimum atomic E-state index is -0.342. The van der Waals surface area contributed by atoms with E-state index in [-0.39, 0.29) is 41.4 Å². The summed E-state index contributed by atoms with van der Waals surface area (Å²) >= 11 is 3.50. The zero-order valence-electron chi connectivity index (χ0n) is 20.4. The minimum Gasteiger partial charge on any atom is -0.507 e. The number of aromatic hydroxyl groups is 1. The highest BCUT2D eigenvalue weighted by molar-refractivity contribution is 9.10. The Kier molecular flexibility index (Phi) is 7.15. The molecule has 0 unspecified atom stereocenters. The van der Waals surface area contributed by atoms with Gasteiger partial charge in [0, 0.05) is 30.1 Å². The molecule has 2 fully saturated rings. The van der Waals surface area contributed by atoms with Crippen molar-refractivity contribution in [2.45, 2.75) is 25.4 Å². The lowest BCUT2D eigenvalue weighted by Crippen LogP contribution is -2.34. The average Bonchev–Trinajstić information content (AvgIpc) is 3.40. The number of imide groups is 1. The Morgan fingerprint density at radius 1 is 1.17 bits per heavy atom. The fraction of sp³-hybridized carbons (Fsp3) is 0.379. The molecule has 6 nitrogen and oxygen atoms in total. The Morgan fingerprint density at radius 3 is 2.69 bits per heavy atom. The molecule has 2 aromatic carbocycles. The lowest BCUT2D eigenvalue weighted by molar-refractivity contribution is -0.138. The van der Waals surface area contributed by atoms with Gasteiger partial charge in [0.25, 0.3) is 0 Å². The summed E-state index contributed by atoms with van der Waals surface area (Å²) in [6, 6.07) is 15.5. The third-order valence-corrected chi connectivity index (χ3v) is 8.18. The number of ether oxygens (including phenoxy) is 2. The van der Waals surface area contributed by atoms with E-state index in [2.05, 4.69) is 28.1 Å². The molecule has 1 aliphatic carbocycles. The van der Waals surface area contributed by atoms with Gasteiger partial charge >= 0.3 is 0 Å². The van der Waals surface area contributed by atoms with Crippen molar-refractivity contribution in [1.82, 2.24) is 4.90 Å². The molecular formula is C29H30BrNO5. The first-order chi connectivity index (χ1) is 17.4. The van der Waals surface area contributed by atoms with Gasteiger partial charge in [0.2, 0.25) is 11.8 Å².